The van der Waals surface area contributed by atoms with E-state index in [9.17, 15) is 0 Å². The first-order chi connectivity index (χ1) is 31.5. The van der Waals surface area contributed by atoms with Crippen LogP contribution < -0.4 is 0 Å². The molecule has 0 unspecified atom stereocenters. The standard InChI is InChI=1S/C62H46N2S/c1-35-15-19-37(20-16-35)39-23-27-43-44-28-24-40(38-21-17-36(2)18-22-38)32-50(44)56-55(49(43)31-39)63-57-58(64-56)60(42-26-30-48-46-12-8-10-14-52(46)62(5,6)54(48)34-42)65-59(57)41-25-29-47-45-11-7-9-13-51(45)61(3,4)53(47)33-41/h7-34H,1-6H3. The van der Waals surface area contributed by atoms with Crippen molar-refractivity contribution in [3.63, 3.8) is 0 Å². The topological polar surface area (TPSA) is 25.8 Å². The van der Waals surface area contributed by atoms with Crippen molar-refractivity contribution in [1.29, 1.82) is 0 Å². The smallest absolute Gasteiger partial charge is 0.109 e. The molecule has 0 aliphatic heterocycles. The van der Waals surface area contributed by atoms with Gasteiger partial charge < -0.3 is 0 Å². The third kappa shape index (κ3) is 5.58. The second-order valence-electron chi connectivity index (χ2n) is 19.5. The third-order valence-corrected chi connectivity index (χ3v) is 16.1. The van der Waals surface area contributed by atoms with Crippen LogP contribution in [0.3, 0.4) is 0 Å². The predicted octanol–water partition coefficient (Wildman–Crippen LogP) is 17.0. The summed E-state index contributed by atoms with van der Waals surface area (Å²) >= 11 is 1.84. The van der Waals surface area contributed by atoms with Crippen LogP contribution in [-0.2, 0) is 10.8 Å². The van der Waals surface area contributed by atoms with Gasteiger partial charge in [-0.05, 0) is 127 Å². The van der Waals surface area contributed by atoms with Crippen LogP contribution in [0.2, 0.25) is 0 Å². The third-order valence-electron chi connectivity index (χ3n) is 14.8. The summed E-state index contributed by atoms with van der Waals surface area (Å²) in [6.07, 6.45) is 0. The number of fused-ring (bicyclic) bond motifs is 13. The van der Waals surface area contributed by atoms with Crippen molar-refractivity contribution in [1.82, 2.24) is 9.97 Å². The molecule has 2 aromatic heterocycles. The van der Waals surface area contributed by atoms with Gasteiger partial charge in [-0.25, -0.2) is 9.97 Å². The van der Waals surface area contributed by atoms with Crippen LogP contribution in [0.15, 0.2) is 170 Å². The van der Waals surface area contributed by atoms with E-state index in [1.54, 1.807) is 0 Å². The Labute approximate surface area is 383 Å². The van der Waals surface area contributed by atoms with Crippen LogP contribution in [0.1, 0.15) is 61.1 Å². The lowest BCUT2D eigenvalue weighted by Gasteiger charge is -2.22. The number of rotatable bonds is 4. The van der Waals surface area contributed by atoms with E-state index in [0.717, 1.165) is 42.6 Å². The first-order valence-electron chi connectivity index (χ1n) is 22.8. The molecule has 2 nitrogen and oxygen atoms in total. The maximum Gasteiger partial charge on any atom is 0.109 e. The molecule has 2 aliphatic rings. The summed E-state index contributed by atoms with van der Waals surface area (Å²) in [7, 11) is 0. The maximum atomic E-state index is 5.89. The molecule has 0 amide bonds. The highest BCUT2D eigenvalue weighted by atomic mass is 32.1. The number of aromatic nitrogens is 2. The Morgan fingerprint density at radius 2 is 0.692 bits per heavy atom. The van der Waals surface area contributed by atoms with Crippen LogP contribution in [-0.4, -0.2) is 9.97 Å². The number of hydrogen-bond acceptors (Lipinski definition) is 3. The largest absolute Gasteiger partial charge is 0.242 e. The average Bonchev–Trinajstić information content (AvgIpc) is 3.90. The second-order valence-corrected chi connectivity index (χ2v) is 20.5. The molecule has 13 rings (SSSR count). The minimum absolute atomic E-state index is 0.132. The number of aryl methyl sites for hydroxylation is 2. The lowest BCUT2D eigenvalue weighted by Crippen LogP contribution is -2.14. The Bertz CT molecular complexity index is 3580. The highest BCUT2D eigenvalue weighted by Gasteiger charge is 2.37. The van der Waals surface area contributed by atoms with Gasteiger partial charge in [0, 0.05) is 21.6 Å². The summed E-state index contributed by atoms with van der Waals surface area (Å²) < 4.78 is 0. The van der Waals surface area contributed by atoms with Gasteiger partial charge in [0.2, 0.25) is 0 Å². The first kappa shape index (κ1) is 38.3. The highest BCUT2D eigenvalue weighted by molar-refractivity contribution is 7.20. The van der Waals surface area contributed by atoms with Crippen LogP contribution in [0, 0.1) is 13.8 Å². The fourth-order valence-corrected chi connectivity index (χ4v) is 12.4. The van der Waals surface area contributed by atoms with E-state index in [1.807, 2.05) is 11.3 Å². The Balaban J connectivity index is 1.12. The van der Waals surface area contributed by atoms with Gasteiger partial charge in [0.05, 0.1) is 20.8 Å². The molecule has 2 heterocycles. The van der Waals surface area contributed by atoms with E-state index in [0.29, 0.717) is 0 Å². The summed E-state index contributed by atoms with van der Waals surface area (Å²) in [6, 6.07) is 63.6. The van der Waals surface area contributed by atoms with Gasteiger partial charge in [-0.3, -0.25) is 0 Å². The van der Waals surface area contributed by atoms with Gasteiger partial charge in [0.15, 0.2) is 0 Å². The van der Waals surface area contributed by atoms with E-state index < -0.39 is 0 Å². The Morgan fingerprint density at radius 1 is 0.323 bits per heavy atom. The Morgan fingerprint density at radius 3 is 1.12 bits per heavy atom. The van der Waals surface area contributed by atoms with Gasteiger partial charge in [-0.15, -0.1) is 11.3 Å². The molecule has 3 heteroatoms. The fraction of sp³-hybridized carbons (Fsp3) is 0.129. The normalized spacial score (nSPS) is 14.2. The van der Waals surface area contributed by atoms with Crippen LogP contribution >= 0.6 is 11.3 Å². The molecule has 2 aliphatic carbocycles. The molecule has 9 aromatic carbocycles. The zero-order valence-electron chi connectivity index (χ0n) is 37.5. The summed E-state index contributed by atoms with van der Waals surface area (Å²) in [5, 5.41) is 4.59. The van der Waals surface area contributed by atoms with Crippen molar-refractivity contribution in [2.75, 3.05) is 0 Å². The maximum absolute atomic E-state index is 5.89. The molecule has 65 heavy (non-hydrogen) atoms. The zero-order chi connectivity index (χ0) is 43.9. The minimum atomic E-state index is -0.132. The molecule has 11 aromatic rings. The lowest BCUT2D eigenvalue weighted by molar-refractivity contribution is 0.660. The minimum Gasteiger partial charge on any atom is -0.242 e. The van der Waals surface area contributed by atoms with Gasteiger partial charge >= 0.3 is 0 Å². The summed E-state index contributed by atoms with van der Waals surface area (Å²) in [6.45, 7) is 13.8. The van der Waals surface area contributed by atoms with Crippen molar-refractivity contribution in [2.24, 2.45) is 0 Å². The highest BCUT2D eigenvalue weighted by Crippen LogP contribution is 2.54. The molecule has 0 spiro atoms. The van der Waals surface area contributed by atoms with E-state index in [-0.39, 0.29) is 10.8 Å². The van der Waals surface area contributed by atoms with Gasteiger partial charge in [-0.1, -0.05) is 184 Å². The molecule has 0 N–H and O–H groups in total. The van der Waals surface area contributed by atoms with Gasteiger partial charge in [-0.2, -0.15) is 0 Å². The summed E-state index contributed by atoms with van der Waals surface area (Å²) in [4.78, 5) is 14.1. The first-order valence-corrected chi connectivity index (χ1v) is 23.6. The van der Waals surface area contributed by atoms with Gasteiger partial charge in [0.25, 0.3) is 0 Å². The molecular formula is C62H46N2S. The number of hydrogen-bond donors (Lipinski definition) is 0. The second kappa shape index (κ2) is 13.7. The van der Waals surface area contributed by atoms with Crippen molar-refractivity contribution in [3.8, 4) is 65.4 Å². The Kier molecular flexibility index (Phi) is 8.04. The van der Waals surface area contributed by atoms with Crippen molar-refractivity contribution >= 4 is 54.9 Å². The van der Waals surface area contributed by atoms with Crippen molar-refractivity contribution < 1.29 is 0 Å². The quantitative estimate of drug-likeness (QED) is 0.165. The molecule has 0 atom stereocenters. The van der Waals surface area contributed by atoms with Crippen LogP contribution in [0.25, 0.3) is 109 Å². The van der Waals surface area contributed by atoms with E-state index in [1.165, 1.54) is 99.8 Å². The lowest BCUT2D eigenvalue weighted by atomic mass is 9.82. The molecule has 310 valence electrons. The molecule has 0 saturated heterocycles. The van der Waals surface area contributed by atoms with Crippen LogP contribution in [0.5, 0.6) is 0 Å². The van der Waals surface area contributed by atoms with Gasteiger partial charge in [0.1, 0.15) is 11.0 Å². The molecular weight excluding hydrogens is 805 g/mol. The number of thiophene rings is 1. The fourth-order valence-electron chi connectivity index (χ4n) is 11.2. The summed E-state index contributed by atoms with van der Waals surface area (Å²) in [5.41, 5.74) is 23.8. The van der Waals surface area contributed by atoms with E-state index in [4.69, 9.17) is 9.97 Å². The van der Waals surface area contributed by atoms with Crippen molar-refractivity contribution in [3.05, 3.63) is 203 Å². The molecule has 0 saturated carbocycles. The number of benzene rings is 9. The number of nitrogens with zero attached hydrogens (tertiary/aromatic N) is 2. The van der Waals surface area contributed by atoms with Crippen LogP contribution in [0.4, 0.5) is 0 Å². The molecule has 0 bridgehead atoms. The van der Waals surface area contributed by atoms with Crippen molar-refractivity contribution in [2.45, 2.75) is 52.4 Å². The SMILES string of the molecule is Cc1ccc(-c2ccc3c4ccc(-c5ccc(C)cc5)cc4c4nc5c(-c6ccc7c(c6)C(C)(C)c6ccccc6-7)sc(-c6ccc7c(c6)C(C)(C)c6ccccc6-7)c5nc4c3c2)cc1. The molecule has 0 fully saturated rings. The zero-order valence-corrected chi connectivity index (χ0v) is 38.3. The summed E-state index contributed by atoms with van der Waals surface area (Å²) in [5.74, 6) is 0. The Hall–Kier alpha value is -7.20. The van der Waals surface area contributed by atoms with E-state index >= 15 is 0 Å². The predicted molar refractivity (Wildman–Crippen MR) is 276 cm³/mol. The van der Waals surface area contributed by atoms with E-state index in [2.05, 4.69) is 211 Å². The average molecular weight is 851 g/mol. The monoisotopic (exact) mass is 850 g/mol. The molecule has 0 radical (unpaired) electrons.